The van der Waals surface area contributed by atoms with Gasteiger partial charge in [0.2, 0.25) is 0 Å². The monoisotopic (exact) mass is 396 g/mol. The van der Waals surface area contributed by atoms with E-state index in [2.05, 4.69) is 34.6 Å². The molecule has 2 nitrogen and oxygen atoms in total. The molecule has 0 atom stereocenters. The molecule has 0 aliphatic carbocycles. The van der Waals surface area contributed by atoms with Gasteiger partial charge in [-0.2, -0.15) is 0 Å². The molecular weight excluding hydrogens is 344 g/mol. The summed E-state index contributed by atoms with van der Waals surface area (Å²) in [5, 5.41) is 10.2. The van der Waals surface area contributed by atoms with Crippen LogP contribution in [0.2, 0.25) is 0 Å². The van der Waals surface area contributed by atoms with E-state index in [4.69, 9.17) is 0 Å². The Hall–Kier alpha value is -0.530. The van der Waals surface area contributed by atoms with Crippen LogP contribution in [0.4, 0.5) is 0 Å². The number of aliphatic carboxylic acids is 1. The van der Waals surface area contributed by atoms with Gasteiger partial charge >= 0.3 is 5.97 Å². The molecule has 28 heavy (non-hydrogen) atoms. The van der Waals surface area contributed by atoms with E-state index >= 15 is 0 Å². The van der Waals surface area contributed by atoms with Crippen molar-refractivity contribution in [2.45, 2.75) is 150 Å². The van der Waals surface area contributed by atoms with Crippen LogP contribution in [0.1, 0.15) is 150 Å². The van der Waals surface area contributed by atoms with E-state index in [0.29, 0.717) is 5.41 Å². The molecule has 0 heterocycles. The van der Waals surface area contributed by atoms with Gasteiger partial charge in [-0.05, 0) is 31.1 Å². The lowest BCUT2D eigenvalue weighted by atomic mass is 9.73. The zero-order valence-electron chi connectivity index (χ0n) is 20.1. The molecular formula is C26H52O2. The number of unbranched alkanes of at least 4 members (excludes halogenated alkanes) is 11. The maximum Gasteiger partial charge on any atom is 0.309 e. The average molecular weight is 397 g/mol. The molecule has 0 aliphatic rings. The van der Waals surface area contributed by atoms with E-state index in [-0.39, 0.29) is 0 Å². The van der Waals surface area contributed by atoms with Crippen molar-refractivity contribution in [2.75, 3.05) is 0 Å². The second kappa shape index (κ2) is 16.3. The van der Waals surface area contributed by atoms with Gasteiger partial charge in [-0.15, -0.1) is 0 Å². The Balaban J connectivity index is 4.59. The van der Waals surface area contributed by atoms with Crippen LogP contribution in [-0.4, -0.2) is 11.1 Å². The SMILES string of the molecule is CCCCCCCCC(CCCCCCCC)(CCCCC(C)(C)C)C(=O)O. The maximum atomic E-state index is 12.3. The van der Waals surface area contributed by atoms with Gasteiger partial charge in [-0.3, -0.25) is 4.79 Å². The normalized spacial score (nSPS) is 12.5. The molecule has 0 aromatic carbocycles. The number of hydrogen-bond acceptors (Lipinski definition) is 1. The summed E-state index contributed by atoms with van der Waals surface area (Å²) in [5.41, 5.74) is -0.113. The number of carboxylic acid groups (broad SMARTS) is 1. The molecule has 0 fully saturated rings. The first kappa shape index (κ1) is 27.5. The summed E-state index contributed by atoms with van der Waals surface area (Å²) in [6, 6.07) is 0. The molecule has 168 valence electrons. The number of rotatable bonds is 19. The fourth-order valence-electron chi connectivity index (χ4n) is 4.30. The van der Waals surface area contributed by atoms with Gasteiger partial charge in [0.05, 0.1) is 5.41 Å². The van der Waals surface area contributed by atoms with Crippen molar-refractivity contribution in [3.63, 3.8) is 0 Å². The Morgan fingerprint density at radius 2 is 0.893 bits per heavy atom. The van der Waals surface area contributed by atoms with Crippen molar-refractivity contribution in [3.05, 3.63) is 0 Å². The first-order valence-electron chi connectivity index (χ1n) is 12.5. The predicted octanol–water partition coefficient (Wildman–Crippen LogP) is 9.17. The quantitative estimate of drug-likeness (QED) is 0.221. The molecule has 2 heteroatoms. The van der Waals surface area contributed by atoms with Crippen molar-refractivity contribution < 1.29 is 9.90 Å². The third-order valence-electron chi connectivity index (χ3n) is 6.30. The molecule has 0 radical (unpaired) electrons. The van der Waals surface area contributed by atoms with Crippen LogP contribution in [0.25, 0.3) is 0 Å². The maximum absolute atomic E-state index is 12.3. The Labute approximate surface area is 177 Å². The molecule has 0 amide bonds. The zero-order valence-corrected chi connectivity index (χ0v) is 20.1. The molecule has 0 saturated heterocycles. The lowest BCUT2D eigenvalue weighted by Crippen LogP contribution is -2.31. The topological polar surface area (TPSA) is 37.3 Å². The van der Waals surface area contributed by atoms with Crippen molar-refractivity contribution >= 4 is 5.97 Å². The van der Waals surface area contributed by atoms with Crippen LogP contribution >= 0.6 is 0 Å². The highest BCUT2D eigenvalue weighted by Gasteiger charge is 2.36. The first-order valence-corrected chi connectivity index (χ1v) is 12.5. The van der Waals surface area contributed by atoms with E-state index in [1.807, 2.05) is 0 Å². The van der Waals surface area contributed by atoms with Gasteiger partial charge in [0.15, 0.2) is 0 Å². The van der Waals surface area contributed by atoms with E-state index in [9.17, 15) is 9.90 Å². The summed E-state index contributed by atoms with van der Waals surface area (Å²) in [6.45, 7) is 11.3. The molecule has 0 rings (SSSR count). The molecule has 0 aromatic heterocycles. The van der Waals surface area contributed by atoms with Crippen molar-refractivity contribution in [1.29, 1.82) is 0 Å². The second-order valence-corrected chi connectivity index (χ2v) is 10.4. The third kappa shape index (κ3) is 14.5. The van der Waals surface area contributed by atoms with Gasteiger partial charge in [-0.1, -0.05) is 125 Å². The Kier molecular flexibility index (Phi) is 16.0. The molecule has 0 saturated carbocycles. The fraction of sp³-hybridized carbons (Fsp3) is 0.962. The molecule has 1 N–H and O–H groups in total. The van der Waals surface area contributed by atoms with E-state index < -0.39 is 11.4 Å². The molecule has 0 spiro atoms. The predicted molar refractivity (Wildman–Crippen MR) is 124 cm³/mol. The first-order chi connectivity index (χ1) is 13.3. The standard InChI is InChI=1S/C26H52O2/c1-6-8-10-12-14-16-21-26(24(27)28,22-17-15-13-11-9-7-2)23-19-18-20-25(3,4)5/h6-23H2,1-5H3,(H,27,28). The minimum atomic E-state index is -0.523. The number of carboxylic acids is 1. The summed E-state index contributed by atoms with van der Waals surface area (Å²) < 4.78 is 0. The van der Waals surface area contributed by atoms with Crippen molar-refractivity contribution in [3.8, 4) is 0 Å². The van der Waals surface area contributed by atoms with Gasteiger partial charge in [0, 0.05) is 0 Å². The van der Waals surface area contributed by atoms with E-state index in [1.165, 1.54) is 70.6 Å². The van der Waals surface area contributed by atoms with Crippen molar-refractivity contribution in [1.82, 2.24) is 0 Å². The van der Waals surface area contributed by atoms with Crippen LogP contribution in [0.3, 0.4) is 0 Å². The van der Waals surface area contributed by atoms with Crippen LogP contribution < -0.4 is 0 Å². The lowest BCUT2D eigenvalue weighted by molar-refractivity contribution is -0.150. The highest BCUT2D eigenvalue weighted by atomic mass is 16.4. The summed E-state index contributed by atoms with van der Waals surface area (Å²) in [6.07, 6.45) is 21.0. The van der Waals surface area contributed by atoms with E-state index in [0.717, 1.165) is 44.9 Å². The molecule has 0 aromatic rings. The highest BCUT2D eigenvalue weighted by molar-refractivity contribution is 5.74. The minimum absolute atomic E-state index is 0.352. The van der Waals surface area contributed by atoms with Gasteiger partial charge < -0.3 is 5.11 Å². The Bertz CT molecular complexity index is 351. The van der Waals surface area contributed by atoms with Crippen molar-refractivity contribution in [2.24, 2.45) is 10.8 Å². The van der Waals surface area contributed by atoms with Gasteiger partial charge in [-0.25, -0.2) is 0 Å². The second-order valence-electron chi connectivity index (χ2n) is 10.4. The summed E-state index contributed by atoms with van der Waals surface area (Å²) in [4.78, 5) is 12.3. The minimum Gasteiger partial charge on any atom is -0.481 e. The zero-order chi connectivity index (χ0) is 21.3. The summed E-state index contributed by atoms with van der Waals surface area (Å²) in [7, 11) is 0. The molecule has 0 unspecified atom stereocenters. The van der Waals surface area contributed by atoms with Gasteiger partial charge in [0.1, 0.15) is 0 Å². The number of carbonyl (C=O) groups is 1. The Morgan fingerprint density at radius 3 is 1.25 bits per heavy atom. The average Bonchev–Trinajstić information content (AvgIpc) is 2.62. The summed E-state index contributed by atoms with van der Waals surface area (Å²) >= 11 is 0. The largest absolute Gasteiger partial charge is 0.481 e. The van der Waals surface area contributed by atoms with Crippen LogP contribution in [0.15, 0.2) is 0 Å². The smallest absolute Gasteiger partial charge is 0.309 e. The van der Waals surface area contributed by atoms with Crippen LogP contribution in [-0.2, 0) is 4.79 Å². The number of hydrogen-bond donors (Lipinski definition) is 1. The third-order valence-corrected chi connectivity index (χ3v) is 6.30. The Morgan fingerprint density at radius 1 is 0.571 bits per heavy atom. The van der Waals surface area contributed by atoms with Crippen LogP contribution in [0.5, 0.6) is 0 Å². The molecule has 0 aliphatic heterocycles. The lowest BCUT2D eigenvalue weighted by Gasteiger charge is -2.30. The van der Waals surface area contributed by atoms with Crippen LogP contribution in [0, 0.1) is 10.8 Å². The fourth-order valence-corrected chi connectivity index (χ4v) is 4.30. The van der Waals surface area contributed by atoms with Gasteiger partial charge in [0.25, 0.3) is 0 Å². The molecule has 0 bridgehead atoms. The summed E-state index contributed by atoms with van der Waals surface area (Å²) in [5.74, 6) is -0.523. The van der Waals surface area contributed by atoms with E-state index in [1.54, 1.807) is 0 Å². The highest BCUT2D eigenvalue weighted by Crippen LogP contribution is 2.38.